The number of aryl methyl sites for hydroxylation is 1. The normalized spacial score (nSPS) is 12.8. The van der Waals surface area contributed by atoms with Crippen LogP contribution in [-0.4, -0.2) is 4.57 Å². The van der Waals surface area contributed by atoms with Crippen molar-refractivity contribution in [1.29, 1.82) is 0 Å². The van der Waals surface area contributed by atoms with Crippen molar-refractivity contribution >= 4 is 43.4 Å². The number of benzene rings is 5. The minimum absolute atomic E-state index is 0.976. The number of para-hydroxylation sites is 1. The summed E-state index contributed by atoms with van der Waals surface area (Å²) in [6.45, 7) is 3.24. The zero-order valence-corrected chi connectivity index (χ0v) is 16.9. The van der Waals surface area contributed by atoms with Gasteiger partial charge >= 0.3 is 0 Å². The quantitative estimate of drug-likeness (QED) is 0.274. The zero-order chi connectivity index (χ0) is 19.8. The fourth-order valence-corrected chi connectivity index (χ4v) is 5.75. The summed E-state index contributed by atoms with van der Waals surface area (Å²) in [5.41, 5.74) is 8.54. The Bertz CT molecular complexity index is 1650. The Hall–Kier alpha value is -3.58. The predicted octanol–water partition coefficient (Wildman–Crippen LogP) is 7.69. The molecule has 0 bridgehead atoms. The number of fused-ring (bicyclic) bond motifs is 11. The fraction of sp³-hybridized carbons (Fsp3) is 0.103. The van der Waals surface area contributed by atoms with Crippen LogP contribution in [0.3, 0.4) is 0 Å². The van der Waals surface area contributed by atoms with Crippen molar-refractivity contribution in [1.82, 2.24) is 4.57 Å². The van der Waals surface area contributed by atoms with Crippen molar-refractivity contribution in [3.63, 3.8) is 0 Å². The van der Waals surface area contributed by atoms with E-state index in [-0.39, 0.29) is 0 Å². The molecule has 0 aliphatic heterocycles. The third kappa shape index (κ3) is 1.92. The van der Waals surface area contributed by atoms with Gasteiger partial charge in [-0.15, -0.1) is 0 Å². The summed E-state index contributed by atoms with van der Waals surface area (Å²) in [7, 11) is 0. The van der Waals surface area contributed by atoms with Gasteiger partial charge in [-0.1, -0.05) is 72.8 Å². The lowest BCUT2D eigenvalue weighted by molar-refractivity contribution is 0.829. The molecule has 0 fully saturated rings. The van der Waals surface area contributed by atoms with Gasteiger partial charge in [-0.25, -0.2) is 0 Å². The van der Waals surface area contributed by atoms with Crippen LogP contribution in [-0.2, 0) is 13.0 Å². The Morgan fingerprint density at radius 2 is 1.40 bits per heavy atom. The average Bonchev–Trinajstić information content (AvgIpc) is 3.33. The minimum Gasteiger partial charge on any atom is -0.340 e. The fourth-order valence-electron chi connectivity index (χ4n) is 5.75. The number of hydrogen-bond acceptors (Lipinski definition) is 0. The molecule has 0 radical (unpaired) electrons. The van der Waals surface area contributed by atoms with Crippen LogP contribution >= 0.6 is 0 Å². The van der Waals surface area contributed by atoms with Crippen molar-refractivity contribution < 1.29 is 0 Å². The monoisotopic (exact) mass is 383 g/mol. The lowest BCUT2D eigenvalue weighted by Gasteiger charge is -2.12. The molecule has 1 heterocycles. The van der Waals surface area contributed by atoms with Gasteiger partial charge in [-0.3, -0.25) is 0 Å². The van der Waals surface area contributed by atoms with Crippen molar-refractivity contribution in [3.8, 4) is 11.1 Å². The standard InChI is InChI=1S/C29H21N/c1-2-30-26-14-8-7-13-23(26)28-25-17-20-15-18-9-3-4-10-19(18)16-24(20)27(25)21-11-5-6-12-22(21)29(28)30/h3-16H,2,17H2,1H3. The van der Waals surface area contributed by atoms with Gasteiger partial charge in [0.1, 0.15) is 0 Å². The molecule has 5 aromatic carbocycles. The van der Waals surface area contributed by atoms with E-state index in [0.717, 1.165) is 13.0 Å². The van der Waals surface area contributed by atoms with Gasteiger partial charge in [0.2, 0.25) is 0 Å². The van der Waals surface area contributed by atoms with Crippen LogP contribution in [0.1, 0.15) is 18.1 Å². The van der Waals surface area contributed by atoms with Gasteiger partial charge in [0, 0.05) is 28.2 Å². The molecule has 0 amide bonds. The van der Waals surface area contributed by atoms with Gasteiger partial charge in [0.05, 0.1) is 5.52 Å². The van der Waals surface area contributed by atoms with Crippen LogP contribution in [0.5, 0.6) is 0 Å². The van der Waals surface area contributed by atoms with Crippen molar-refractivity contribution in [2.24, 2.45) is 0 Å². The Morgan fingerprint density at radius 1 is 0.733 bits per heavy atom. The van der Waals surface area contributed by atoms with E-state index in [0.29, 0.717) is 0 Å². The molecule has 30 heavy (non-hydrogen) atoms. The van der Waals surface area contributed by atoms with E-state index in [2.05, 4.69) is 96.4 Å². The van der Waals surface area contributed by atoms with Crippen LogP contribution in [0.15, 0.2) is 84.9 Å². The predicted molar refractivity (Wildman–Crippen MR) is 128 cm³/mol. The van der Waals surface area contributed by atoms with Crippen LogP contribution < -0.4 is 0 Å². The Kier molecular flexibility index (Phi) is 3.10. The molecular formula is C29H21N. The van der Waals surface area contributed by atoms with Gasteiger partial charge in [-0.2, -0.15) is 0 Å². The lowest BCUT2D eigenvalue weighted by atomic mass is 9.93. The third-order valence-corrected chi connectivity index (χ3v) is 6.95. The molecule has 1 aromatic heterocycles. The van der Waals surface area contributed by atoms with Gasteiger partial charge in [0.15, 0.2) is 0 Å². The zero-order valence-electron chi connectivity index (χ0n) is 16.9. The maximum Gasteiger partial charge on any atom is 0.0574 e. The molecule has 0 unspecified atom stereocenters. The molecule has 7 rings (SSSR count). The van der Waals surface area contributed by atoms with E-state index in [1.54, 1.807) is 0 Å². The largest absolute Gasteiger partial charge is 0.340 e. The first-order chi connectivity index (χ1) is 14.8. The third-order valence-electron chi connectivity index (χ3n) is 6.95. The van der Waals surface area contributed by atoms with E-state index in [4.69, 9.17) is 0 Å². The van der Waals surface area contributed by atoms with E-state index >= 15 is 0 Å². The topological polar surface area (TPSA) is 4.93 Å². The maximum atomic E-state index is 2.51. The highest BCUT2D eigenvalue weighted by atomic mass is 15.0. The number of hydrogen-bond donors (Lipinski definition) is 0. The summed E-state index contributed by atoms with van der Waals surface area (Å²) in [4.78, 5) is 0. The first-order valence-electron chi connectivity index (χ1n) is 10.8. The van der Waals surface area contributed by atoms with Gasteiger partial charge in [-0.05, 0) is 63.9 Å². The number of rotatable bonds is 1. The molecule has 0 saturated heterocycles. The molecular weight excluding hydrogens is 362 g/mol. The molecule has 0 saturated carbocycles. The van der Waals surface area contributed by atoms with Gasteiger partial charge in [0.25, 0.3) is 0 Å². The molecule has 1 aliphatic carbocycles. The number of nitrogens with zero attached hydrogens (tertiary/aromatic N) is 1. The van der Waals surface area contributed by atoms with Gasteiger partial charge < -0.3 is 4.57 Å². The number of aromatic nitrogens is 1. The second kappa shape index (κ2) is 5.73. The van der Waals surface area contributed by atoms with Crippen molar-refractivity contribution in [2.75, 3.05) is 0 Å². The summed E-state index contributed by atoms with van der Waals surface area (Å²) in [6.07, 6.45) is 1.01. The van der Waals surface area contributed by atoms with E-state index in [1.807, 2.05) is 0 Å². The van der Waals surface area contributed by atoms with Crippen LogP contribution in [0.4, 0.5) is 0 Å². The van der Waals surface area contributed by atoms with E-state index in [9.17, 15) is 0 Å². The first-order valence-corrected chi connectivity index (χ1v) is 10.8. The lowest BCUT2D eigenvalue weighted by Crippen LogP contribution is -1.95. The summed E-state index contributed by atoms with van der Waals surface area (Å²) < 4.78 is 2.51. The highest BCUT2D eigenvalue weighted by Gasteiger charge is 2.27. The summed E-state index contributed by atoms with van der Waals surface area (Å²) in [5.74, 6) is 0. The van der Waals surface area contributed by atoms with Crippen molar-refractivity contribution in [3.05, 3.63) is 96.1 Å². The molecule has 0 N–H and O–H groups in total. The Morgan fingerprint density at radius 3 is 2.20 bits per heavy atom. The SMILES string of the molecule is CCn1c2ccccc2c2c3c(c4ccccc4c21)-c1cc2ccccc2cc1C3. The van der Waals surface area contributed by atoms with Crippen LogP contribution in [0.2, 0.25) is 0 Å². The Balaban J connectivity index is 1.74. The molecule has 6 aromatic rings. The highest BCUT2D eigenvalue weighted by molar-refractivity contribution is 6.24. The smallest absolute Gasteiger partial charge is 0.0574 e. The second-order valence-electron chi connectivity index (χ2n) is 8.42. The van der Waals surface area contributed by atoms with E-state index < -0.39 is 0 Å². The Labute approximate surface area is 175 Å². The van der Waals surface area contributed by atoms with Crippen LogP contribution in [0, 0.1) is 0 Å². The molecule has 0 spiro atoms. The summed E-state index contributed by atoms with van der Waals surface area (Å²) >= 11 is 0. The summed E-state index contributed by atoms with van der Waals surface area (Å²) in [5, 5.41) is 8.23. The molecule has 1 nitrogen and oxygen atoms in total. The highest BCUT2D eigenvalue weighted by Crippen LogP contribution is 2.49. The average molecular weight is 383 g/mol. The van der Waals surface area contributed by atoms with Crippen LogP contribution in [0.25, 0.3) is 54.5 Å². The second-order valence-corrected chi connectivity index (χ2v) is 8.42. The molecule has 1 heteroatoms. The summed E-state index contributed by atoms with van der Waals surface area (Å²) in [6, 6.07) is 31.5. The molecule has 142 valence electrons. The molecule has 0 atom stereocenters. The van der Waals surface area contributed by atoms with E-state index in [1.165, 1.54) is 65.6 Å². The minimum atomic E-state index is 0.976. The van der Waals surface area contributed by atoms with Crippen molar-refractivity contribution in [2.45, 2.75) is 19.9 Å². The molecule has 1 aliphatic rings. The maximum absolute atomic E-state index is 2.51. The first kappa shape index (κ1) is 16.2.